The summed E-state index contributed by atoms with van der Waals surface area (Å²) in [6.07, 6.45) is 0. The fraction of sp³-hybridized carbons (Fsp3) is 0.133. The van der Waals surface area contributed by atoms with Crippen LogP contribution in [0.4, 0.5) is 4.39 Å². The van der Waals surface area contributed by atoms with Crippen LogP contribution in [0.15, 0.2) is 42.5 Å². The second kappa shape index (κ2) is 6.06. The van der Waals surface area contributed by atoms with Crippen LogP contribution >= 0.6 is 0 Å². The van der Waals surface area contributed by atoms with Crippen molar-refractivity contribution in [2.45, 2.75) is 6.61 Å². The molecule has 0 saturated heterocycles. The normalized spacial score (nSPS) is 10.1. The predicted octanol–water partition coefficient (Wildman–Crippen LogP) is 2.70. The Balaban J connectivity index is 2.15. The number of nitrogen functional groups attached to an aromatic ring is 1. The van der Waals surface area contributed by atoms with E-state index < -0.39 is 0 Å². The van der Waals surface area contributed by atoms with Gasteiger partial charge in [-0.3, -0.25) is 5.41 Å². The first-order valence-electron chi connectivity index (χ1n) is 6.00. The third kappa shape index (κ3) is 3.26. The molecule has 0 aliphatic rings. The molecule has 2 rings (SSSR count). The van der Waals surface area contributed by atoms with Gasteiger partial charge in [0, 0.05) is 5.56 Å². The Bertz CT molecular complexity index is 629. The van der Waals surface area contributed by atoms with Crippen LogP contribution in [0.5, 0.6) is 11.5 Å². The van der Waals surface area contributed by atoms with Crippen molar-refractivity contribution in [3.63, 3.8) is 0 Å². The maximum Gasteiger partial charge on any atom is 0.161 e. The molecule has 0 radical (unpaired) electrons. The van der Waals surface area contributed by atoms with Gasteiger partial charge in [0.25, 0.3) is 0 Å². The fourth-order valence-corrected chi connectivity index (χ4v) is 1.74. The molecule has 0 saturated carbocycles. The number of hydrogen-bond donors (Lipinski definition) is 2. The van der Waals surface area contributed by atoms with Crippen LogP contribution in [0, 0.1) is 11.2 Å². The predicted molar refractivity (Wildman–Crippen MR) is 74.7 cm³/mol. The molecule has 2 aromatic rings. The number of amidine groups is 1. The molecular weight excluding hydrogens is 259 g/mol. The Morgan fingerprint density at radius 3 is 2.65 bits per heavy atom. The largest absolute Gasteiger partial charge is 0.493 e. The van der Waals surface area contributed by atoms with Gasteiger partial charge in [-0.25, -0.2) is 4.39 Å². The molecule has 4 nitrogen and oxygen atoms in total. The third-order valence-electron chi connectivity index (χ3n) is 2.76. The molecule has 0 amide bonds. The molecule has 0 unspecified atom stereocenters. The van der Waals surface area contributed by atoms with Gasteiger partial charge in [0.05, 0.1) is 7.11 Å². The number of rotatable bonds is 5. The Hall–Kier alpha value is -2.56. The van der Waals surface area contributed by atoms with Crippen molar-refractivity contribution in [1.29, 1.82) is 5.41 Å². The van der Waals surface area contributed by atoms with Crippen LogP contribution in [0.3, 0.4) is 0 Å². The van der Waals surface area contributed by atoms with Crippen LogP contribution < -0.4 is 15.2 Å². The Morgan fingerprint density at radius 2 is 2.00 bits per heavy atom. The summed E-state index contributed by atoms with van der Waals surface area (Å²) in [7, 11) is 1.51. The van der Waals surface area contributed by atoms with E-state index in [9.17, 15) is 4.39 Å². The van der Waals surface area contributed by atoms with Crippen molar-refractivity contribution in [2.24, 2.45) is 5.73 Å². The molecule has 0 fully saturated rings. The second-order valence-electron chi connectivity index (χ2n) is 4.20. The minimum absolute atomic E-state index is 0.0417. The minimum Gasteiger partial charge on any atom is -0.493 e. The topological polar surface area (TPSA) is 68.3 Å². The quantitative estimate of drug-likeness (QED) is 0.650. The van der Waals surface area contributed by atoms with E-state index >= 15 is 0 Å². The monoisotopic (exact) mass is 274 g/mol. The lowest BCUT2D eigenvalue weighted by atomic mass is 10.2. The van der Waals surface area contributed by atoms with Gasteiger partial charge >= 0.3 is 0 Å². The Labute approximate surface area is 116 Å². The van der Waals surface area contributed by atoms with Gasteiger partial charge in [-0.05, 0) is 35.9 Å². The third-order valence-corrected chi connectivity index (χ3v) is 2.76. The molecule has 0 spiro atoms. The molecule has 3 N–H and O–H groups in total. The number of halogens is 1. The van der Waals surface area contributed by atoms with E-state index in [1.54, 1.807) is 30.3 Å². The standard InChI is InChI=1S/C15H15FN2O2/c1-19-14-8-11(15(17)18)5-6-13(14)20-9-10-3-2-4-12(16)7-10/h2-8H,9H2,1H3,(H3,17,18). The molecule has 0 aromatic heterocycles. The molecule has 0 heterocycles. The average molecular weight is 274 g/mol. The maximum absolute atomic E-state index is 13.1. The summed E-state index contributed by atoms with van der Waals surface area (Å²) in [5, 5.41) is 7.38. The van der Waals surface area contributed by atoms with Crippen molar-refractivity contribution in [3.8, 4) is 11.5 Å². The summed E-state index contributed by atoms with van der Waals surface area (Å²) in [6, 6.07) is 11.2. The van der Waals surface area contributed by atoms with Crippen LogP contribution in [-0.4, -0.2) is 12.9 Å². The highest BCUT2D eigenvalue weighted by Crippen LogP contribution is 2.28. The lowest BCUT2D eigenvalue weighted by Crippen LogP contribution is -2.11. The highest BCUT2D eigenvalue weighted by atomic mass is 19.1. The van der Waals surface area contributed by atoms with E-state index in [1.807, 2.05) is 0 Å². The zero-order valence-electron chi connectivity index (χ0n) is 11.0. The van der Waals surface area contributed by atoms with Crippen LogP contribution in [0.25, 0.3) is 0 Å². The van der Waals surface area contributed by atoms with Gasteiger partial charge < -0.3 is 15.2 Å². The number of benzene rings is 2. The Morgan fingerprint density at radius 1 is 1.20 bits per heavy atom. The van der Waals surface area contributed by atoms with Crippen molar-refractivity contribution in [1.82, 2.24) is 0 Å². The van der Waals surface area contributed by atoms with E-state index in [0.29, 0.717) is 17.1 Å². The zero-order valence-corrected chi connectivity index (χ0v) is 11.0. The molecule has 0 aliphatic heterocycles. The number of nitrogens with one attached hydrogen (secondary N) is 1. The summed E-state index contributed by atoms with van der Waals surface area (Å²) >= 11 is 0. The van der Waals surface area contributed by atoms with Gasteiger partial charge in [0.1, 0.15) is 18.3 Å². The highest BCUT2D eigenvalue weighted by molar-refractivity contribution is 5.95. The second-order valence-corrected chi connectivity index (χ2v) is 4.20. The molecule has 0 atom stereocenters. The van der Waals surface area contributed by atoms with Crippen LogP contribution in [0.1, 0.15) is 11.1 Å². The van der Waals surface area contributed by atoms with Gasteiger partial charge in [0.2, 0.25) is 0 Å². The molecule has 104 valence electrons. The van der Waals surface area contributed by atoms with E-state index in [-0.39, 0.29) is 18.3 Å². The average Bonchev–Trinajstić information content (AvgIpc) is 2.45. The molecule has 0 bridgehead atoms. The van der Waals surface area contributed by atoms with Crippen LogP contribution in [-0.2, 0) is 6.61 Å². The first-order valence-corrected chi connectivity index (χ1v) is 6.00. The highest BCUT2D eigenvalue weighted by Gasteiger charge is 2.07. The summed E-state index contributed by atoms with van der Waals surface area (Å²) in [4.78, 5) is 0. The van der Waals surface area contributed by atoms with E-state index in [4.69, 9.17) is 20.6 Å². The maximum atomic E-state index is 13.1. The lowest BCUT2D eigenvalue weighted by Gasteiger charge is -2.12. The van der Waals surface area contributed by atoms with Crippen molar-refractivity contribution < 1.29 is 13.9 Å². The van der Waals surface area contributed by atoms with Crippen LogP contribution in [0.2, 0.25) is 0 Å². The molecular formula is C15H15FN2O2. The summed E-state index contributed by atoms with van der Waals surface area (Å²) < 4.78 is 23.9. The number of hydrogen-bond acceptors (Lipinski definition) is 3. The fourth-order valence-electron chi connectivity index (χ4n) is 1.74. The molecule has 5 heteroatoms. The molecule has 20 heavy (non-hydrogen) atoms. The summed E-state index contributed by atoms with van der Waals surface area (Å²) in [6.45, 7) is 0.230. The lowest BCUT2D eigenvalue weighted by molar-refractivity contribution is 0.284. The zero-order chi connectivity index (χ0) is 14.5. The first-order chi connectivity index (χ1) is 9.60. The van der Waals surface area contributed by atoms with Gasteiger partial charge in [-0.15, -0.1) is 0 Å². The van der Waals surface area contributed by atoms with Crippen molar-refractivity contribution in [2.75, 3.05) is 7.11 Å². The molecule has 0 aliphatic carbocycles. The number of ether oxygens (including phenoxy) is 2. The van der Waals surface area contributed by atoms with Crippen molar-refractivity contribution in [3.05, 3.63) is 59.4 Å². The number of methoxy groups -OCH3 is 1. The van der Waals surface area contributed by atoms with E-state index in [2.05, 4.69) is 0 Å². The van der Waals surface area contributed by atoms with E-state index in [0.717, 1.165) is 5.56 Å². The minimum atomic E-state index is -0.301. The smallest absolute Gasteiger partial charge is 0.161 e. The first kappa shape index (κ1) is 13.9. The number of nitrogens with two attached hydrogens (primary N) is 1. The SMILES string of the molecule is COc1cc(C(=N)N)ccc1OCc1cccc(F)c1. The summed E-state index contributed by atoms with van der Waals surface area (Å²) in [5.74, 6) is 0.654. The van der Waals surface area contributed by atoms with Gasteiger partial charge in [-0.1, -0.05) is 12.1 Å². The van der Waals surface area contributed by atoms with E-state index in [1.165, 1.54) is 19.2 Å². The van der Waals surface area contributed by atoms with Gasteiger partial charge in [0.15, 0.2) is 11.5 Å². The summed E-state index contributed by atoms with van der Waals surface area (Å²) in [5.41, 5.74) is 6.69. The molecule has 2 aromatic carbocycles. The van der Waals surface area contributed by atoms with Gasteiger partial charge in [-0.2, -0.15) is 0 Å². The Kier molecular flexibility index (Phi) is 4.20. The van der Waals surface area contributed by atoms with Crippen molar-refractivity contribution >= 4 is 5.84 Å².